The van der Waals surface area contributed by atoms with Gasteiger partial charge in [-0.05, 0) is 42.0 Å². The number of hydrogen-bond acceptors (Lipinski definition) is 6. The Morgan fingerprint density at radius 3 is 2.77 bits per heavy atom. The quantitative estimate of drug-likeness (QED) is 0.847. The van der Waals surface area contributed by atoms with E-state index in [-0.39, 0.29) is 11.5 Å². The van der Waals surface area contributed by atoms with Gasteiger partial charge in [0.25, 0.3) is 5.78 Å². The van der Waals surface area contributed by atoms with Crippen LogP contribution in [0.1, 0.15) is 17.7 Å². The zero-order valence-electron chi connectivity index (χ0n) is 14.7. The molecule has 3 aliphatic rings. The fourth-order valence-corrected chi connectivity index (χ4v) is 4.24. The van der Waals surface area contributed by atoms with Crippen molar-refractivity contribution < 1.29 is 23.7 Å². The molecule has 0 unspecified atom stereocenters. The lowest BCUT2D eigenvalue weighted by Gasteiger charge is -2.31. The van der Waals surface area contributed by atoms with E-state index in [4.69, 9.17) is 18.9 Å². The fraction of sp³-hybridized carbons (Fsp3) is 0.300. The summed E-state index contributed by atoms with van der Waals surface area (Å²) in [6, 6.07) is 3.86. The second kappa shape index (κ2) is 5.08. The Bertz CT molecular complexity index is 1050. The van der Waals surface area contributed by atoms with Gasteiger partial charge in [-0.25, -0.2) is 0 Å². The Balaban J connectivity index is 1.97. The smallest absolute Gasteiger partial charge is 0.306 e. The van der Waals surface area contributed by atoms with E-state index in [2.05, 4.69) is 4.98 Å². The van der Waals surface area contributed by atoms with Crippen LogP contribution >= 0.6 is 0 Å². The number of aromatic nitrogens is 1. The maximum atomic E-state index is 13.1. The lowest BCUT2D eigenvalue weighted by atomic mass is 9.85. The van der Waals surface area contributed by atoms with Gasteiger partial charge in [0.1, 0.15) is 0 Å². The normalized spacial score (nSPS) is 22.9. The number of ketones is 1. The molecule has 1 aromatic heterocycles. The van der Waals surface area contributed by atoms with Crippen molar-refractivity contribution in [2.45, 2.75) is 18.6 Å². The number of Topliss-reactive ketones (excluding diaryl/α,β-unsaturated/α-hetero) is 1. The molecule has 5 rings (SSSR count). The molecular weight excluding hydrogens is 334 g/mol. The number of methoxy groups -OCH3 is 3. The van der Waals surface area contributed by atoms with Crippen LogP contribution in [0.5, 0.6) is 11.5 Å². The highest BCUT2D eigenvalue weighted by molar-refractivity contribution is 6.17. The van der Waals surface area contributed by atoms with E-state index in [0.29, 0.717) is 17.9 Å². The molecule has 0 bridgehead atoms. The van der Waals surface area contributed by atoms with Crippen LogP contribution in [0.2, 0.25) is 0 Å². The number of pyridine rings is 1. The Kier molecular flexibility index (Phi) is 3.01. The van der Waals surface area contributed by atoms with Crippen LogP contribution in [-0.2, 0) is 20.7 Å². The second-order valence-corrected chi connectivity index (χ2v) is 6.50. The molecular formula is C20H17NO5. The largest absolute Gasteiger partial charge is 0.493 e. The zero-order valence-corrected chi connectivity index (χ0v) is 14.7. The minimum Gasteiger partial charge on any atom is -0.493 e. The van der Waals surface area contributed by atoms with E-state index in [0.717, 1.165) is 39.6 Å². The summed E-state index contributed by atoms with van der Waals surface area (Å²) in [7, 11) is 4.54. The molecule has 132 valence electrons. The molecule has 6 nitrogen and oxygen atoms in total. The molecule has 0 radical (unpaired) electrons. The van der Waals surface area contributed by atoms with Crippen molar-refractivity contribution in [2.24, 2.45) is 0 Å². The van der Waals surface area contributed by atoms with Crippen LogP contribution < -0.4 is 9.47 Å². The highest BCUT2D eigenvalue weighted by atomic mass is 16.7. The first-order chi connectivity index (χ1) is 12.6. The first-order valence-corrected chi connectivity index (χ1v) is 8.42. The van der Waals surface area contributed by atoms with Crippen molar-refractivity contribution in [3.63, 3.8) is 0 Å². The van der Waals surface area contributed by atoms with E-state index in [9.17, 15) is 4.79 Å². The van der Waals surface area contributed by atoms with Crippen LogP contribution in [0.4, 0.5) is 0 Å². The summed E-state index contributed by atoms with van der Waals surface area (Å²) in [5, 5.41) is 2.00. The Hall–Kier alpha value is -2.86. The summed E-state index contributed by atoms with van der Waals surface area (Å²) in [5.74, 6) is -0.579. The molecule has 26 heavy (non-hydrogen) atoms. The molecule has 0 fully saturated rings. The number of nitrogens with zero attached hydrogens (tertiary/aromatic N) is 1. The van der Waals surface area contributed by atoms with E-state index < -0.39 is 5.79 Å². The number of hydrogen-bond donors (Lipinski definition) is 0. The fourth-order valence-electron chi connectivity index (χ4n) is 4.24. The molecule has 2 heterocycles. The molecule has 0 amide bonds. The van der Waals surface area contributed by atoms with Gasteiger partial charge in [-0.15, -0.1) is 0 Å². The number of ether oxygens (including phenoxy) is 4. The highest BCUT2D eigenvalue weighted by Crippen LogP contribution is 2.57. The summed E-state index contributed by atoms with van der Waals surface area (Å²) in [5.41, 5.74) is 3.54. The van der Waals surface area contributed by atoms with Gasteiger partial charge in [-0.1, -0.05) is 0 Å². The number of rotatable bonds is 3. The molecule has 0 spiro atoms. The van der Waals surface area contributed by atoms with Crippen LogP contribution in [0.15, 0.2) is 35.7 Å². The number of carbonyl (C=O) groups is 1. The predicted octanol–water partition coefficient (Wildman–Crippen LogP) is 2.79. The zero-order chi connectivity index (χ0) is 18.1. The maximum absolute atomic E-state index is 13.1. The van der Waals surface area contributed by atoms with Gasteiger partial charge in [-0.2, -0.15) is 0 Å². The molecule has 2 aromatic rings. The summed E-state index contributed by atoms with van der Waals surface area (Å²) in [6.07, 6.45) is 5.07. The average Bonchev–Trinajstić information content (AvgIpc) is 2.94. The van der Waals surface area contributed by atoms with Crippen molar-refractivity contribution in [1.29, 1.82) is 0 Å². The molecule has 0 saturated heterocycles. The van der Waals surface area contributed by atoms with E-state index >= 15 is 0 Å². The van der Waals surface area contributed by atoms with Crippen LogP contribution in [0.25, 0.3) is 16.3 Å². The summed E-state index contributed by atoms with van der Waals surface area (Å²) >= 11 is 0. The summed E-state index contributed by atoms with van der Waals surface area (Å²) in [6.45, 7) is 0. The van der Waals surface area contributed by atoms with Crippen molar-refractivity contribution >= 4 is 22.1 Å². The van der Waals surface area contributed by atoms with E-state index in [1.165, 1.54) is 14.2 Å². The lowest BCUT2D eigenvalue weighted by molar-refractivity contribution is -0.160. The Labute approximate surface area is 150 Å². The van der Waals surface area contributed by atoms with Crippen molar-refractivity contribution in [2.75, 3.05) is 21.3 Å². The third-order valence-electron chi connectivity index (χ3n) is 5.38. The van der Waals surface area contributed by atoms with Gasteiger partial charge < -0.3 is 18.9 Å². The molecule has 2 aliphatic carbocycles. The summed E-state index contributed by atoms with van der Waals surface area (Å²) < 4.78 is 22.8. The minimum atomic E-state index is -1.54. The summed E-state index contributed by atoms with van der Waals surface area (Å²) in [4.78, 5) is 17.7. The monoisotopic (exact) mass is 351 g/mol. The minimum absolute atomic E-state index is 0.229. The van der Waals surface area contributed by atoms with Gasteiger partial charge in [-0.3, -0.25) is 9.78 Å². The first kappa shape index (κ1) is 15.4. The highest BCUT2D eigenvalue weighted by Gasteiger charge is 2.58. The number of carbonyl (C=O) groups excluding carboxylic acids is 1. The van der Waals surface area contributed by atoms with Crippen LogP contribution in [0, 0.1) is 0 Å². The van der Waals surface area contributed by atoms with E-state index in [1.807, 2.05) is 12.1 Å². The van der Waals surface area contributed by atoms with E-state index in [1.54, 1.807) is 19.4 Å². The third-order valence-corrected chi connectivity index (χ3v) is 5.38. The average molecular weight is 351 g/mol. The van der Waals surface area contributed by atoms with Crippen LogP contribution in [-0.4, -0.2) is 37.9 Å². The van der Waals surface area contributed by atoms with Crippen molar-refractivity contribution in [3.8, 4) is 11.5 Å². The van der Waals surface area contributed by atoms with Gasteiger partial charge in [0.15, 0.2) is 17.3 Å². The number of allylic oxidation sites excluding steroid dienone is 2. The third kappa shape index (κ3) is 1.65. The van der Waals surface area contributed by atoms with Gasteiger partial charge in [0, 0.05) is 35.5 Å². The maximum Gasteiger partial charge on any atom is 0.306 e. The standard InChI is InChI=1S/C20H17NO5/c1-23-13-8-10-6-7-21-12-5-4-11-9-14(24-2)19(22)20(25-3)17(11)16(15(10)12)18(13)26-20/h6-9H,4-5H2,1-3H3/t20-/m0/s1. The molecule has 6 heteroatoms. The Morgan fingerprint density at radius 2 is 2.04 bits per heavy atom. The van der Waals surface area contributed by atoms with Crippen molar-refractivity contribution in [3.05, 3.63) is 47.0 Å². The molecule has 0 saturated carbocycles. The van der Waals surface area contributed by atoms with Gasteiger partial charge in [0.2, 0.25) is 0 Å². The van der Waals surface area contributed by atoms with Crippen LogP contribution in [0.3, 0.4) is 0 Å². The lowest BCUT2D eigenvalue weighted by Crippen LogP contribution is -2.47. The first-order valence-electron chi connectivity index (χ1n) is 8.42. The van der Waals surface area contributed by atoms with Crippen molar-refractivity contribution in [1.82, 2.24) is 4.98 Å². The topological polar surface area (TPSA) is 66.9 Å². The van der Waals surface area contributed by atoms with Gasteiger partial charge in [0.05, 0.1) is 14.2 Å². The molecule has 1 aliphatic heterocycles. The Morgan fingerprint density at radius 1 is 1.19 bits per heavy atom. The predicted molar refractivity (Wildman–Crippen MR) is 94.0 cm³/mol. The SMILES string of the molecule is COC1=CC2=C3c4c(c(OC)cc5ccnc(c45)CC2)O[C@]3(OC)C1=O. The molecule has 0 N–H and O–H groups in total. The number of benzene rings is 1. The van der Waals surface area contributed by atoms with Gasteiger partial charge >= 0.3 is 5.79 Å². The number of aryl methyl sites for hydroxylation is 1. The molecule has 1 aromatic carbocycles. The molecule has 1 atom stereocenters. The second-order valence-electron chi connectivity index (χ2n) is 6.50.